The number of ether oxygens (including phenoxy) is 1. The highest BCUT2D eigenvalue weighted by atomic mass is 35.5. The Labute approximate surface area is 170 Å². The van der Waals surface area contributed by atoms with E-state index in [0.717, 1.165) is 42.5 Å². The molecule has 1 aromatic carbocycles. The molecule has 1 N–H and O–H groups in total. The molecule has 3 heterocycles. The zero-order valence-electron chi connectivity index (χ0n) is 14.5. The summed E-state index contributed by atoms with van der Waals surface area (Å²) in [4.78, 5) is 19.2. The number of thiazole rings is 1. The Bertz CT molecular complexity index is 726. The van der Waals surface area contributed by atoms with Crippen molar-refractivity contribution in [3.63, 3.8) is 0 Å². The highest BCUT2D eigenvalue weighted by Gasteiger charge is 2.38. The maximum absolute atomic E-state index is 12.7. The number of aromatic nitrogens is 1. The minimum atomic E-state index is 0. The van der Waals surface area contributed by atoms with Crippen LogP contribution in [-0.4, -0.2) is 48.6 Å². The monoisotopic (exact) mass is 415 g/mol. The van der Waals surface area contributed by atoms with E-state index in [1.165, 1.54) is 11.3 Å². The number of rotatable bonds is 4. The van der Waals surface area contributed by atoms with Crippen LogP contribution in [0.3, 0.4) is 0 Å². The molecule has 2 aromatic rings. The molecule has 8 heteroatoms. The number of fused-ring (bicyclic) bond motifs is 1. The van der Waals surface area contributed by atoms with Gasteiger partial charge in [-0.2, -0.15) is 0 Å². The Morgan fingerprint density at radius 2 is 1.88 bits per heavy atom. The standard InChI is InChI=1S/C18H21N3O2S.2ClH/c1-2-23-15-5-3-12(4-6-15)17-20-16(11-24-17)18(22)21-9-13-7-19-8-14(13)10-21;;/h3-6,11,13-14,19H,2,7-10H2,1H3;2*1H/t13-,14+;;. The Morgan fingerprint density at radius 1 is 1.23 bits per heavy atom. The normalized spacial score (nSPS) is 20.9. The number of carbonyl (C=O) groups excluding carboxylic acids is 1. The zero-order valence-corrected chi connectivity index (χ0v) is 17.0. The smallest absolute Gasteiger partial charge is 0.273 e. The maximum Gasteiger partial charge on any atom is 0.273 e. The van der Waals surface area contributed by atoms with Crippen LogP contribution in [0.5, 0.6) is 5.75 Å². The van der Waals surface area contributed by atoms with Gasteiger partial charge in [-0.15, -0.1) is 36.2 Å². The van der Waals surface area contributed by atoms with Crippen LogP contribution in [0.1, 0.15) is 17.4 Å². The third-order valence-electron chi connectivity index (χ3n) is 4.81. The van der Waals surface area contributed by atoms with Gasteiger partial charge in [-0.25, -0.2) is 4.98 Å². The molecule has 2 fully saturated rings. The fourth-order valence-electron chi connectivity index (χ4n) is 3.55. The van der Waals surface area contributed by atoms with Crippen LogP contribution in [0, 0.1) is 11.8 Å². The summed E-state index contributed by atoms with van der Waals surface area (Å²) >= 11 is 1.52. The second-order valence-electron chi connectivity index (χ2n) is 6.38. The van der Waals surface area contributed by atoms with E-state index >= 15 is 0 Å². The van der Waals surface area contributed by atoms with Gasteiger partial charge in [0.05, 0.1) is 6.61 Å². The summed E-state index contributed by atoms with van der Waals surface area (Å²) in [5.41, 5.74) is 1.59. The molecule has 4 rings (SSSR count). The fourth-order valence-corrected chi connectivity index (χ4v) is 4.35. The summed E-state index contributed by atoms with van der Waals surface area (Å²) in [6, 6.07) is 7.86. The molecule has 0 aliphatic carbocycles. The van der Waals surface area contributed by atoms with Crippen molar-refractivity contribution in [2.45, 2.75) is 6.92 Å². The summed E-state index contributed by atoms with van der Waals surface area (Å²) in [5.74, 6) is 2.14. The number of halogens is 2. The Kier molecular flexibility index (Phi) is 7.29. The molecule has 0 unspecified atom stereocenters. The van der Waals surface area contributed by atoms with Crippen molar-refractivity contribution in [2.24, 2.45) is 11.8 Å². The van der Waals surface area contributed by atoms with Gasteiger partial charge in [-0.3, -0.25) is 4.79 Å². The second kappa shape index (κ2) is 9.04. The average Bonchev–Trinajstić information content (AvgIpc) is 3.31. The number of likely N-dealkylation sites (tertiary alicyclic amines) is 1. The third kappa shape index (κ3) is 4.14. The van der Waals surface area contributed by atoms with Crippen LogP contribution in [0.2, 0.25) is 0 Å². The summed E-state index contributed by atoms with van der Waals surface area (Å²) in [6.07, 6.45) is 0. The number of hydrogen-bond donors (Lipinski definition) is 1. The van der Waals surface area contributed by atoms with Gasteiger partial charge < -0.3 is 15.0 Å². The first-order valence-corrected chi connectivity index (χ1v) is 9.31. The third-order valence-corrected chi connectivity index (χ3v) is 5.70. The van der Waals surface area contributed by atoms with Crippen molar-refractivity contribution >= 4 is 42.1 Å². The molecule has 2 aliphatic heterocycles. The molecular formula is C18H23Cl2N3O2S. The van der Waals surface area contributed by atoms with Gasteiger partial charge in [-0.05, 0) is 43.0 Å². The molecular weight excluding hydrogens is 393 g/mol. The number of nitrogens with zero attached hydrogens (tertiary/aromatic N) is 2. The van der Waals surface area contributed by atoms with Crippen LogP contribution in [0.25, 0.3) is 10.6 Å². The first kappa shape index (κ1) is 21.0. The Hall–Kier alpha value is -1.34. The fraction of sp³-hybridized carbons (Fsp3) is 0.444. The minimum Gasteiger partial charge on any atom is -0.494 e. The molecule has 0 spiro atoms. The molecule has 0 bridgehead atoms. The zero-order chi connectivity index (χ0) is 16.5. The second-order valence-corrected chi connectivity index (χ2v) is 7.24. The van der Waals surface area contributed by atoms with E-state index in [4.69, 9.17) is 4.74 Å². The predicted molar refractivity (Wildman–Crippen MR) is 109 cm³/mol. The van der Waals surface area contributed by atoms with Gasteiger partial charge in [0, 0.05) is 37.1 Å². The minimum absolute atomic E-state index is 0. The maximum atomic E-state index is 12.7. The predicted octanol–water partition coefficient (Wildman–Crippen LogP) is 3.34. The van der Waals surface area contributed by atoms with Crippen LogP contribution < -0.4 is 10.1 Å². The molecule has 142 valence electrons. The van der Waals surface area contributed by atoms with Gasteiger partial charge in [-0.1, -0.05) is 0 Å². The quantitative estimate of drug-likeness (QED) is 0.831. The molecule has 5 nitrogen and oxygen atoms in total. The van der Waals surface area contributed by atoms with E-state index in [2.05, 4.69) is 10.3 Å². The van der Waals surface area contributed by atoms with Crippen molar-refractivity contribution < 1.29 is 9.53 Å². The Morgan fingerprint density at radius 3 is 2.50 bits per heavy atom. The molecule has 0 radical (unpaired) electrons. The highest BCUT2D eigenvalue weighted by molar-refractivity contribution is 7.13. The van der Waals surface area contributed by atoms with Gasteiger partial charge in [0.1, 0.15) is 16.5 Å². The van der Waals surface area contributed by atoms with Gasteiger partial charge in [0.15, 0.2) is 0 Å². The van der Waals surface area contributed by atoms with Gasteiger partial charge in [0.25, 0.3) is 5.91 Å². The van der Waals surface area contributed by atoms with Crippen LogP contribution in [-0.2, 0) is 0 Å². The van der Waals surface area contributed by atoms with Gasteiger partial charge >= 0.3 is 0 Å². The van der Waals surface area contributed by atoms with E-state index in [9.17, 15) is 4.79 Å². The van der Waals surface area contributed by atoms with Crippen LogP contribution in [0.4, 0.5) is 0 Å². The number of carbonyl (C=O) groups is 1. The SMILES string of the molecule is CCOc1ccc(-c2nc(C(=O)N3C[C@H]4CNC[C@H]4C3)cs2)cc1.Cl.Cl. The Balaban J connectivity index is 0.00000121. The number of amides is 1. The number of hydrogen-bond acceptors (Lipinski definition) is 5. The lowest BCUT2D eigenvalue weighted by Gasteiger charge is -2.15. The van der Waals surface area contributed by atoms with E-state index in [1.807, 2.05) is 41.5 Å². The number of nitrogens with one attached hydrogen (secondary N) is 1. The summed E-state index contributed by atoms with van der Waals surface area (Å²) in [5, 5.41) is 6.15. The molecule has 0 saturated carbocycles. The lowest BCUT2D eigenvalue weighted by atomic mass is 10.0. The summed E-state index contributed by atoms with van der Waals surface area (Å²) in [6.45, 7) is 6.39. The lowest BCUT2D eigenvalue weighted by molar-refractivity contribution is 0.0777. The molecule has 1 aromatic heterocycles. The first-order chi connectivity index (χ1) is 11.7. The van der Waals surface area contributed by atoms with Crippen LogP contribution in [0.15, 0.2) is 29.6 Å². The average molecular weight is 416 g/mol. The van der Waals surface area contributed by atoms with Crippen molar-refractivity contribution in [3.8, 4) is 16.3 Å². The van der Waals surface area contributed by atoms with E-state index < -0.39 is 0 Å². The van der Waals surface area contributed by atoms with Crippen LogP contribution >= 0.6 is 36.2 Å². The van der Waals surface area contributed by atoms with Crippen molar-refractivity contribution in [1.29, 1.82) is 0 Å². The van der Waals surface area contributed by atoms with E-state index in [0.29, 0.717) is 24.1 Å². The van der Waals surface area contributed by atoms with E-state index in [1.54, 1.807) is 0 Å². The van der Waals surface area contributed by atoms with Crippen molar-refractivity contribution in [2.75, 3.05) is 32.8 Å². The first-order valence-electron chi connectivity index (χ1n) is 8.43. The lowest BCUT2D eigenvalue weighted by Crippen LogP contribution is -2.32. The molecule has 2 aliphatic rings. The summed E-state index contributed by atoms with van der Waals surface area (Å²) in [7, 11) is 0. The largest absolute Gasteiger partial charge is 0.494 e. The molecule has 26 heavy (non-hydrogen) atoms. The molecule has 2 atom stereocenters. The molecule has 2 saturated heterocycles. The van der Waals surface area contributed by atoms with Crippen molar-refractivity contribution in [1.82, 2.24) is 15.2 Å². The number of benzene rings is 1. The topological polar surface area (TPSA) is 54.5 Å². The molecule has 1 amide bonds. The summed E-state index contributed by atoms with van der Waals surface area (Å²) < 4.78 is 5.46. The van der Waals surface area contributed by atoms with Gasteiger partial charge in [0.2, 0.25) is 0 Å². The van der Waals surface area contributed by atoms with E-state index in [-0.39, 0.29) is 30.7 Å². The highest BCUT2D eigenvalue weighted by Crippen LogP contribution is 2.29. The van der Waals surface area contributed by atoms with Crippen molar-refractivity contribution in [3.05, 3.63) is 35.3 Å².